The van der Waals surface area contributed by atoms with Crippen LogP contribution in [-0.2, 0) is 5.75 Å². The number of fused-ring (bicyclic) bond motifs is 1. The molecule has 7 heteroatoms. The zero-order valence-corrected chi connectivity index (χ0v) is 18.4. The van der Waals surface area contributed by atoms with Crippen molar-refractivity contribution in [1.82, 2.24) is 14.3 Å². The third-order valence-corrected chi connectivity index (χ3v) is 6.74. The van der Waals surface area contributed by atoms with E-state index in [0.29, 0.717) is 31.7 Å². The molecule has 1 N–H and O–H groups in total. The highest BCUT2D eigenvalue weighted by atomic mass is 32.2. The number of amides is 1. The molecule has 3 heterocycles. The van der Waals surface area contributed by atoms with Gasteiger partial charge >= 0.3 is 0 Å². The molecule has 0 unspecified atom stereocenters. The first-order valence-corrected chi connectivity index (χ1v) is 11.6. The SMILES string of the molecule is O=C(c1ccc(SCc2cn3ccccc3n2)cc1)N1CCN(c2ccccc2O)CC1. The van der Waals surface area contributed by atoms with Crippen molar-refractivity contribution < 1.29 is 9.90 Å². The fraction of sp³-hybridized carbons (Fsp3) is 0.200. The zero-order valence-electron chi connectivity index (χ0n) is 17.6. The summed E-state index contributed by atoms with van der Waals surface area (Å²) in [6, 6.07) is 21.1. The number of aromatic nitrogens is 2. The quantitative estimate of drug-likeness (QED) is 0.465. The van der Waals surface area contributed by atoms with Gasteiger partial charge in [0.15, 0.2) is 0 Å². The van der Waals surface area contributed by atoms with Crippen LogP contribution < -0.4 is 4.90 Å². The van der Waals surface area contributed by atoms with Crippen LogP contribution in [0.4, 0.5) is 5.69 Å². The van der Waals surface area contributed by atoms with Gasteiger partial charge in [0.05, 0.1) is 11.4 Å². The predicted molar refractivity (Wildman–Crippen MR) is 127 cm³/mol. The van der Waals surface area contributed by atoms with Crippen molar-refractivity contribution in [3.05, 3.63) is 90.4 Å². The molecule has 5 rings (SSSR count). The minimum absolute atomic E-state index is 0.0545. The van der Waals surface area contributed by atoms with Crippen molar-refractivity contribution in [2.24, 2.45) is 0 Å². The van der Waals surface area contributed by atoms with Crippen LogP contribution in [0.1, 0.15) is 16.1 Å². The number of hydrogen-bond donors (Lipinski definition) is 1. The Hall–Kier alpha value is -3.45. The molecule has 1 fully saturated rings. The Bertz CT molecular complexity index is 1200. The summed E-state index contributed by atoms with van der Waals surface area (Å²) < 4.78 is 2.02. The number of carbonyl (C=O) groups excluding carboxylic acids is 1. The molecule has 32 heavy (non-hydrogen) atoms. The van der Waals surface area contributed by atoms with Gasteiger partial charge in [-0.1, -0.05) is 18.2 Å². The number of rotatable bonds is 5. The monoisotopic (exact) mass is 444 g/mol. The number of anilines is 1. The molecule has 2 aromatic carbocycles. The van der Waals surface area contributed by atoms with Gasteiger partial charge in [0.25, 0.3) is 5.91 Å². The summed E-state index contributed by atoms with van der Waals surface area (Å²) in [7, 11) is 0. The molecule has 1 aliphatic heterocycles. The van der Waals surface area contributed by atoms with E-state index in [-0.39, 0.29) is 11.7 Å². The summed E-state index contributed by atoms with van der Waals surface area (Å²) >= 11 is 1.71. The second-order valence-corrected chi connectivity index (χ2v) is 8.83. The van der Waals surface area contributed by atoms with Crippen LogP contribution in [0.5, 0.6) is 5.75 Å². The molecular formula is C25H24N4O2S. The highest BCUT2D eigenvalue weighted by molar-refractivity contribution is 7.98. The second kappa shape index (κ2) is 8.96. The molecule has 0 spiro atoms. The van der Waals surface area contributed by atoms with E-state index >= 15 is 0 Å². The summed E-state index contributed by atoms with van der Waals surface area (Å²) in [4.78, 5) is 22.7. The van der Waals surface area contributed by atoms with Crippen LogP contribution in [0.3, 0.4) is 0 Å². The number of phenols is 1. The Kier molecular flexibility index (Phi) is 5.73. The number of pyridine rings is 1. The number of aromatic hydroxyl groups is 1. The summed E-state index contributed by atoms with van der Waals surface area (Å²) in [5.74, 6) is 1.12. The van der Waals surface area contributed by atoms with Crippen molar-refractivity contribution >= 4 is 29.0 Å². The molecule has 2 aromatic heterocycles. The van der Waals surface area contributed by atoms with Crippen molar-refractivity contribution in [2.75, 3.05) is 31.1 Å². The first kappa shape index (κ1) is 20.5. The number of piperazine rings is 1. The van der Waals surface area contributed by atoms with Gasteiger partial charge in [0, 0.05) is 54.8 Å². The Morgan fingerprint density at radius 1 is 0.938 bits per heavy atom. The van der Waals surface area contributed by atoms with Gasteiger partial charge in [0.1, 0.15) is 11.4 Å². The van der Waals surface area contributed by atoms with Gasteiger partial charge in [-0.2, -0.15) is 0 Å². The highest BCUT2D eigenvalue weighted by Crippen LogP contribution is 2.28. The van der Waals surface area contributed by atoms with Crippen molar-refractivity contribution in [3.8, 4) is 5.75 Å². The normalized spacial score (nSPS) is 14.1. The summed E-state index contributed by atoms with van der Waals surface area (Å²) in [5, 5.41) is 10.1. The van der Waals surface area contributed by atoms with Gasteiger partial charge < -0.3 is 19.3 Å². The highest BCUT2D eigenvalue weighted by Gasteiger charge is 2.23. The fourth-order valence-electron chi connectivity index (χ4n) is 3.97. The van der Waals surface area contributed by atoms with Gasteiger partial charge in [0.2, 0.25) is 0 Å². The number of thioether (sulfide) groups is 1. The molecule has 0 radical (unpaired) electrons. The van der Waals surface area contributed by atoms with E-state index in [1.165, 1.54) is 0 Å². The topological polar surface area (TPSA) is 61.1 Å². The zero-order chi connectivity index (χ0) is 21.9. The van der Waals surface area contributed by atoms with Gasteiger partial charge in [-0.15, -0.1) is 11.8 Å². The van der Waals surface area contributed by atoms with Crippen molar-refractivity contribution in [1.29, 1.82) is 0 Å². The number of phenolic OH excluding ortho intramolecular Hbond substituents is 1. The molecule has 1 amide bonds. The molecule has 0 atom stereocenters. The van der Waals surface area contributed by atoms with Crippen LogP contribution >= 0.6 is 11.8 Å². The number of hydrogen-bond acceptors (Lipinski definition) is 5. The predicted octanol–water partition coefficient (Wildman–Crippen LogP) is 4.29. The lowest BCUT2D eigenvalue weighted by molar-refractivity contribution is 0.0746. The van der Waals surface area contributed by atoms with E-state index < -0.39 is 0 Å². The maximum absolute atomic E-state index is 12.9. The second-order valence-electron chi connectivity index (χ2n) is 7.78. The van der Waals surface area contributed by atoms with Gasteiger partial charge in [-0.05, 0) is 48.5 Å². The number of para-hydroxylation sites is 2. The molecule has 162 valence electrons. The molecule has 1 saturated heterocycles. The summed E-state index contributed by atoms with van der Waals surface area (Å²) in [5.41, 5.74) is 3.51. The van der Waals surface area contributed by atoms with Crippen LogP contribution in [0.15, 0.2) is 84.0 Å². The minimum atomic E-state index is 0.0545. The molecule has 1 aliphatic rings. The van der Waals surface area contributed by atoms with Crippen molar-refractivity contribution in [3.63, 3.8) is 0 Å². The van der Waals surface area contributed by atoms with Crippen LogP contribution in [-0.4, -0.2) is 51.5 Å². The molecule has 4 aromatic rings. The van der Waals surface area contributed by atoms with Gasteiger partial charge in [-0.25, -0.2) is 4.98 Å². The van der Waals surface area contributed by atoms with E-state index in [4.69, 9.17) is 0 Å². The fourth-order valence-corrected chi connectivity index (χ4v) is 4.75. The first-order valence-electron chi connectivity index (χ1n) is 10.6. The molecule has 0 bridgehead atoms. The summed E-state index contributed by atoms with van der Waals surface area (Å²) in [6.45, 7) is 2.68. The number of carbonyl (C=O) groups is 1. The first-order chi connectivity index (χ1) is 15.7. The van der Waals surface area contributed by atoms with E-state index in [1.807, 2.05) is 76.2 Å². The van der Waals surface area contributed by atoms with Crippen LogP contribution in [0, 0.1) is 0 Å². The molecule has 6 nitrogen and oxygen atoms in total. The lowest BCUT2D eigenvalue weighted by atomic mass is 10.1. The third kappa shape index (κ3) is 4.29. The van der Waals surface area contributed by atoms with E-state index in [2.05, 4.69) is 16.1 Å². The van der Waals surface area contributed by atoms with E-state index in [1.54, 1.807) is 17.8 Å². The van der Waals surface area contributed by atoms with Crippen LogP contribution in [0.2, 0.25) is 0 Å². The Morgan fingerprint density at radius 2 is 1.69 bits per heavy atom. The van der Waals surface area contributed by atoms with Crippen molar-refractivity contribution in [2.45, 2.75) is 10.6 Å². The Morgan fingerprint density at radius 3 is 2.44 bits per heavy atom. The average molecular weight is 445 g/mol. The number of benzene rings is 2. The van der Waals surface area contributed by atoms with Crippen LogP contribution in [0.25, 0.3) is 5.65 Å². The Balaban J connectivity index is 1.17. The maximum Gasteiger partial charge on any atom is 0.253 e. The minimum Gasteiger partial charge on any atom is -0.506 e. The molecule has 0 aliphatic carbocycles. The standard InChI is InChI=1S/C25H24N4O2S/c30-23-6-2-1-5-22(23)27-13-15-28(16-14-27)25(31)19-8-10-21(11-9-19)32-18-20-17-29-12-4-3-7-24(29)26-20/h1-12,17,30H,13-16,18H2. The van der Waals surface area contributed by atoms with E-state index in [9.17, 15) is 9.90 Å². The third-order valence-electron chi connectivity index (χ3n) is 5.69. The smallest absolute Gasteiger partial charge is 0.253 e. The average Bonchev–Trinajstić information content (AvgIpc) is 3.26. The lowest BCUT2D eigenvalue weighted by Gasteiger charge is -2.36. The Labute approximate surface area is 191 Å². The molecule has 0 saturated carbocycles. The van der Waals surface area contributed by atoms with E-state index in [0.717, 1.165) is 27.7 Å². The summed E-state index contributed by atoms with van der Waals surface area (Å²) in [6.07, 6.45) is 4.05. The number of nitrogens with zero attached hydrogens (tertiary/aromatic N) is 4. The largest absolute Gasteiger partial charge is 0.506 e. The number of imidazole rings is 1. The molecular weight excluding hydrogens is 420 g/mol. The van der Waals surface area contributed by atoms with Gasteiger partial charge in [-0.3, -0.25) is 4.79 Å². The lowest BCUT2D eigenvalue weighted by Crippen LogP contribution is -2.48. The maximum atomic E-state index is 12.9.